The first-order valence-electron chi connectivity index (χ1n) is 7.23. The number of furan rings is 1. The fourth-order valence-corrected chi connectivity index (χ4v) is 2.96. The van der Waals surface area contributed by atoms with Crippen LogP contribution in [0.1, 0.15) is 37.3 Å². The highest BCUT2D eigenvalue weighted by Crippen LogP contribution is 2.28. The van der Waals surface area contributed by atoms with E-state index in [1.165, 1.54) is 0 Å². The van der Waals surface area contributed by atoms with Crippen molar-refractivity contribution in [2.75, 3.05) is 26.8 Å². The SMILES string of the molecule is Cc1ccc(C(C(C)N)N(C)CC2(O)CCOCC2)o1. The lowest BCUT2D eigenvalue weighted by Crippen LogP contribution is -2.49. The van der Waals surface area contributed by atoms with E-state index in [1.54, 1.807) is 0 Å². The lowest BCUT2D eigenvalue weighted by Gasteiger charge is -2.39. The average molecular weight is 282 g/mol. The van der Waals surface area contributed by atoms with Gasteiger partial charge in [-0.1, -0.05) is 0 Å². The summed E-state index contributed by atoms with van der Waals surface area (Å²) in [4.78, 5) is 2.09. The molecule has 0 bridgehead atoms. The van der Waals surface area contributed by atoms with Gasteiger partial charge in [-0.05, 0) is 33.0 Å². The van der Waals surface area contributed by atoms with Crippen LogP contribution in [0.15, 0.2) is 16.5 Å². The predicted octanol–water partition coefficient (Wildman–Crippen LogP) is 1.45. The quantitative estimate of drug-likeness (QED) is 0.855. The second-order valence-corrected chi connectivity index (χ2v) is 6.00. The Hall–Kier alpha value is -0.880. The fourth-order valence-electron chi connectivity index (χ4n) is 2.96. The molecule has 3 N–H and O–H groups in total. The van der Waals surface area contributed by atoms with E-state index in [1.807, 2.05) is 33.0 Å². The molecular weight excluding hydrogens is 256 g/mol. The van der Waals surface area contributed by atoms with E-state index in [-0.39, 0.29) is 12.1 Å². The van der Waals surface area contributed by atoms with Crippen molar-refractivity contribution < 1.29 is 14.3 Å². The largest absolute Gasteiger partial charge is 0.465 e. The van der Waals surface area contributed by atoms with Crippen LogP contribution in [0.3, 0.4) is 0 Å². The Kier molecular flexibility index (Phi) is 4.86. The van der Waals surface area contributed by atoms with Crippen LogP contribution in [0.25, 0.3) is 0 Å². The summed E-state index contributed by atoms with van der Waals surface area (Å²) in [5, 5.41) is 10.6. The lowest BCUT2D eigenvalue weighted by molar-refractivity contribution is -0.0833. The summed E-state index contributed by atoms with van der Waals surface area (Å²) in [7, 11) is 1.99. The minimum atomic E-state index is -0.693. The predicted molar refractivity (Wildman–Crippen MR) is 77.5 cm³/mol. The molecule has 0 aromatic carbocycles. The summed E-state index contributed by atoms with van der Waals surface area (Å²) in [5.41, 5.74) is 5.43. The highest BCUT2D eigenvalue weighted by atomic mass is 16.5. The minimum absolute atomic E-state index is 0.0319. The zero-order valence-electron chi connectivity index (χ0n) is 12.6. The first kappa shape index (κ1) is 15.5. The maximum Gasteiger partial charge on any atom is 0.122 e. The molecule has 2 rings (SSSR count). The molecule has 5 heteroatoms. The molecule has 2 atom stereocenters. The Labute approximate surface area is 120 Å². The Morgan fingerprint density at radius 3 is 2.55 bits per heavy atom. The van der Waals surface area contributed by atoms with Gasteiger partial charge < -0.3 is 20.0 Å². The summed E-state index contributed by atoms with van der Waals surface area (Å²) in [6.07, 6.45) is 1.33. The normalized spacial score (nSPS) is 21.9. The number of nitrogens with zero attached hydrogens (tertiary/aromatic N) is 1. The van der Waals surface area contributed by atoms with Crippen LogP contribution in [0.5, 0.6) is 0 Å². The topological polar surface area (TPSA) is 71.9 Å². The molecule has 2 heterocycles. The highest BCUT2D eigenvalue weighted by molar-refractivity contribution is 5.12. The van der Waals surface area contributed by atoms with Crippen molar-refractivity contribution >= 4 is 0 Å². The Morgan fingerprint density at radius 2 is 2.05 bits per heavy atom. The molecule has 1 saturated heterocycles. The van der Waals surface area contributed by atoms with E-state index in [2.05, 4.69) is 4.90 Å². The monoisotopic (exact) mass is 282 g/mol. The number of aliphatic hydroxyl groups is 1. The van der Waals surface area contributed by atoms with Crippen LogP contribution in [-0.4, -0.2) is 48.5 Å². The first-order chi connectivity index (χ1) is 9.41. The van der Waals surface area contributed by atoms with Gasteiger partial charge in [-0.25, -0.2) is 0 Å². The van der Waals surface area contributed by atoms with Gasteiger partial charge in [0.2, 0.25) is 0 Å². The van der Waals surface area contributed by atoms with Crippen LogP contribution in [-0.2, 0) is 4.74 Å². The summed E-state index contributed by atoms with van der Waals surface area (Å²) < 4.78 is 11.0. The number of hydrogen-bond acceptors (Lipinski definition) is 5. The van der Waals surface area contributed by atoms with Gasteiger partial charge in [-0.2, -0.15) is 0 Å². The van der Waals surface area contributed by atoms with Crippen LogP contribution in [0.2, 0.25) is 0 Å². The van der Waals surface area contributed by atoms with Gasteiger partial charge >= 0.3 is 0 Å². The Bertz CT molecular complexity index is 425. The summed E-state index contributed by atoms with van der Waals surface area (Å²) in [6, 6.07) is 3.81. The molecule has 20 heavy (non-hydrogen) atoms. The van der Waals surface area contributed by atoms with Gasteiger partial charge in [0.15, 0.2) is 0 Å². The van der Waals surface area contributed by atoms with E-state index in [0.29, 0.717) is 32.6 Å². The van der Waals surface area contributed by atoms with Crippen LogP contribution < -0.4 is 5.73 Å². The zero-order valence-corrected chi connectivity index (χ0v) is 12.6. The minimum Gasteiger partial charge on any atom is -0.465 e. The van der Waals surface area contributed by atoms with E-state index >= 15 is 0 Å². The number of aryl methyl sites for hydroxylation is 1. The average Bonchev–Trinajstić information content (AvgIpc) is 2.75. The molecule has 1 fully saturated rings. The molecule has 0 amide bonds. The lowest BCUT2D eigenvalue weighted by atomic mass is 9.92. The number of ether oxygens (including phenoxy) is 1. The third-order valence-electron chi connectivity index (χ3n) is 3.99. The molecule has 1 aromatic rings. The second-order valence-electron chi connectivity index (χ2n) is 6.00. The maximum absolute atomic E-state index is 10.6. The van der Waals surface area contributed by atoms with E-state index in [4.69, 9.17) is 14.9 Å². The number of hydrogen-bond donors (Lipinski definition) is 2. The van der Waals surface area contributed by atoms with Crippen molar-refractivity contribution in [1.82, 2.24) is 4.90 Å². The van der Waals surface area contributed by atoms with E-state index in [0.717, 1.165) is 11.5 Å². The number of nitrogens with two attached hydrogens (primary N) is 1. The highest BCUT2D eigenvalue weighted by Gasteiger charge is 2.34. The van der Waals surface area contributed by atoms with Gasteiger partial charge in [0.1, 0.15) is 11.5 Å². The van der Waals surface area contributed by atoms with Gasteiger partial charge in [-0.3, -0.25) is 4.90 Å². The standard InChI is InChI=1S/C15H26N2O3/c1-11-4-5-13(20-11)14(12(2)16)17(3)10-15(18)6-8-19-9-7-15/h4-5,12,14,18H,6-10,16H2,1-3H3. The molecule has 0 aliphatic carbocycles. The van der Waals surface area contributed by atoms with Crippen LogP contribution >= 0.6 is 0 Å². The van der Waals surface area contributed by atoms with Crippen molar-refractivity contribution in [2.45, 2.75) is 44.4 Å². The summed E-state index contributed by atoms with van der Waals surface area (Å²) in [5.74, 6) is 1.74. The molecule has 1 aliphatic rings. The molecule has 1 aliphatic heterocycles. The Balaban J connectivity index is 2.09. The number of rotatable bonds is 5. The maximum atomic E-state index is 10.6. The van der Waals surface area contributed by atoms with Crippen molar-refractivity contribution in [1.29, 1.82) is 0 Å². The Morgan fingerprint density at radius 1 is 1.40 bits per heavy atom. The second kappa shape index (κ2) is 6.26. The molecule has 114 valence electrons. The van der Waals surface area contributed by atoms with Crippen molar-refractivity contribution in [2.24, 2.45) is 5.73 Å². The van der Waals surface area contributed by atoms with Gasteiger partial charge in [0, 0.05) is 38.6 Å². The van der Waals surface area contributed by atoms with Crippen LogP contribution in [0.4, 0.5) is 0 Å². The van der Waals surface area contributed by atoms with E-state index in [9.17, 15) is 5.11 Å². The molecular formula is C15H26N2O3. The third-order valence-corrected chi connectivity index (χ3v) is 3.99. The smallest absolute Gasteiger partial charge is 0.122 e. The van der Waals surface area contributed by atoms with Gasteiger partial charge in [0.25, 0.3) is 0 Å². The molecule has 0 radical (unpaired) electrons. The summed E-state index contributed by atoms with van der Waals surface area (Å²) >= 11 is 0. The number of likely N-dealkylation sites (N-methyl/N-ethyl adjacent to an activating group) is 1. The molecule has 1 aromatic heterocycles. The van der Waals surface area contributed by atoms with Gasteiger partial charge in [-0.15, -0.1) is 0 Å². The van der Waals surface area contributed by atoms with Crippen LogP contribution in [0, 0.1) is 6.92 Å². The zero-order chi connectivity index (χ0) is 14.8. The first-order valence-corrected chi connectivity index (χ1v) is 7.23. The fraction of sp³-hybridized carbons (Fsp3) is 0.733. The van der Waals surface area contributed by atoms with Crippen molar-refractivity contribution in [3.8, 4) is 0 Å². The molecule has 5 nitrogen and oxygen atoms in total. The summed E-state index contributed by atoms with van der Waals surface area (Å²) in [6.45, 7) is 5.70. The van der Waals surface area contributed by atoms with Crippen molar-refractivity contribution in [3.63, 3.8) is 0 Å². The van der Waals surface area contributed by atoms with E-state index < -0.39 is 5.60 Å². The molecule has 0 spiro atoms. The third kappa shape index (κ3) is 3.61. The van der Waals surface area contributed by atoms with Gasteiger partial charge in [0.05, 0.1) is 11.6 Å². The molecule has 2 unspecified atom stereocenters. The van der Waals surface area contributed by atoms with Crippen molar-refractivity contribution in [3.05, 3.63) is 23.7 Å². The molecule has 0 saturated carbocycles.